The van der Waals surface area contributed by atoms with Crippen LogP contribution in [0.25, 0.3) is 11.2 Å². The summed E-state index contributed by atoms with van der Waals surface area (Å²) in [6, 6.07) is 2.08. The van der Waals surface area contributed by atoms with Crippen molar-refractivity contribution in [2.45, 2.75) is 70.4 Å². The van der Waals surface area contributed by atoms with E-state index in [0.717, 1.165) is 25.0 Å². The lowest BCUT2D eigenvalue weighted by Crippen LogP contribution is -2.38. The number of amides is 1. The Labute approximate surface area is 206 Å². The molecule has 0 atom stereocenters. The molecule has 2 aliphatic carbocycles. The lowest BCUT2D eigenvalue weighted by molar-refractivity contribution is -0.128. The van der Waals surface area contributed by atoms with Crippen LogP contribution in [0.5, 0.6) is 0 Å². The number of aromatic nitrogens is 4. The van der Waals surface area contributed by atoms with Crippen molar-refractivity contribution >= 4 is 46.3 Å². The molecule has 0 spiro atoms. The minimum absolute atomic E-state index is 0.0635. The van der Waals surface area contributed by atoms with E-state index >= 15 is 0 Å². The third-order valence-electron chi connectivity index (χ3n) is 7.38. The van der Waals surface area contributed by atoms with E-state index in [2.05, 4.69) is 20.6 Å². The van der Waals surface area contributed by atoms with Crippen LogP contribution in [0.3, 0.4) is 0 Å². The summed E-state index contributed by atoms with van der Waals surface area (Å²) >= 11 is 6.15. The Balaban J connectivity index is 1.54. The van der Waals surface area contributed by atoms with E-state index in [1.807, 2.05) is 11.5 Å². The summed E-state index contributed by atoms with van der Waals surface area (Å²) in [5, 5.41) is 6.27. The van der Waals surface area contributed by atoms with Crippen LogP contribution in [0.15, 0.2) is 18.3 Å². The quantitative estimate of drug-likeness (QED) is 0.412. The third-order valence-corrected chi connectivity index (χ3v) is 7.68. The van der Waals surface area contributed by atoms with Crippen molar-refractivity contribution in [2.75, 3.05) is 10.6 Å². The highest BCUT2D eigenvalue weighted by molar-refractivity contribution is 6.33. The standard InChI is InChI=1S/C24H28ClF2N7O/c1-24(21(28)35)8-6-15(7-9-24)34-20-18(12-29-22(33-20)30-14-4-2-3-5-14)31-23(34)32-19-16(25)10-13(26)11-17(19)27/h10-12,14-15H,2-9H2,1H3,(H2,28,35)(H,31,32)(H,29,30,33)/t15-,24-. The number of imidazole rings is 1. The summed E-state index contributed by atoms with van der Waals surface area (Å²) < 4.78 is 30.1. The van der Waals surface area contributed by atoms with E-state index < -0.39 is 17.0 Å². The Kier molecular flexibility index (Phi) is 6.25. The van der Waals surface area contributed by atoms with E-state index in [-0.39, 0.29) is 22.7 Å². The van der Waals surface area contributed by atoms with Crippen molar-refractivity contribution < 1.29 is 13.6 Å². The van der Waals surface area contributed by atoms with Gasteiger partial charge in [0.25, 0.3) is 0 Å². The van der Waals surface area contributed by atoms with Gasteiger partial charge in [0.2, 0.25) is 17.8 Å². The highest BCUT2D eigenvalue weighted by atomic mass is 35.5. The van der Waals surface area contributed by atoms with Crippen LogP contribution in [-0.4, -0.2) is 31.5 Å². The second-order valence-corrected chi connectivity index (χ2v) is 10.3. The minimum atomic E-state index is -0.826. The van der Waals surface area contributed by atoms with E-state index in [0.29, 0.717) is 54.8 Å². The second kappa shape index (κ2) is 9.22. The van der Waals surface area contributed by atoms with Gasteiger partial charge >= 0.3 is 0 Å². The van der Waals surface area contributed by atoms with Crippen LogP contribution >= 0.6 is 11.6 Å². The first kappa shape index (κ1) is 23.7. The molecular formula is C24H28ClF2N7O. The molecule has 4 N–H and O–H groups in total. The van der Waals surface area contributed by atoms with Gasteiger partial charge in [0, 0.05) is 23.6 Å². The minimum Gasteiger partial charge on any atom is -0.369 e. The van der Waals surface area contributed by atoms with Crippen molar-refractivity contribution in [2.24, 2.45) is 11.1 Å². The molecule has 5 rings (SSSR count). The largest absolute Gasteiger partial charge is 0.369 e. The molecule has 0 radical (unpaired) electrons. The molecule has 3 aromatic rings. The maximum Gasteiger partial charge on any atom is 0.224 e. The number of anilines is 3. The van der Waals surface area contributed by atoms with Crippen LogP contribution in [0, 0.1) is 17.0 Å². The number of nitrogens with zero attached hydrogens (tertiary/aromatic N) is 4. The van der Waals surface area contributed by atoms with Gasteiger partial charge in [0.15, 0.2) is 11.5 Å². The maximum atomic E-state index is 14.6. The van der Waals surface area contributed by atoms with Crippen LogP contribution < -0.4 is 16.4 Å². The zero-order chi connectivity index (χ0) is 24.7. The second-order valence-electron chi connectivity index (χ2n) is 9.86. The first-order chi connectivity index (χ1) is 16.7. The molecule has 2 saturated carbocycles. The van der Waals surface area contributed by atoms with Gasteiger partial charge in [-0.05, 0) is 44.6 Å². The van der Waals surface area contributed by atoms with Crippen molar-refractivity contribution in [1.82, 2.24) is 19.5 Å². The summed E-state index contributed by atoms with van der Waals surface area (Å²) in [5.74, 6) is -1.06. The maximum absolute atomic E-state index is 14.6. The van der Waals surface area contributed by atoms with E-state index in [9.17, 15) is 13.6 Å². The van der Waals surface area contributed by atoms with Crippen LogP contribution in [0.2, 0.25) is 5.02 Å². The zero-order valence-electron chi connectivity index (χ0n) is 19.5. The van der Waals surface area contributed by atoms with Crippen LogP contribution in [0.1, 0.15) is 64.3 Å². The normalized spacial score (nSPS) is 23.0. The number of benzene rings is 1. The predicted octanol–water partition coefficient (Wildman–Crippen LogP) is 5.46. The van der Waals surface area contributed by atoms with E-state index in [4.69, 9.17) is 22.3 Å². The monoisotopic (exact) mass is 503 g/mol. The van der Waals surface area contributed by atoms with Gasteiger partial charge in [-0.15, -0.1) is 0 Å². The molecule has 1 aromatic carbocycles. The fourth-order valence-electron chi connectivity index (χ4n) is 5.16. The van der Waals surface area contributed by atoms with Crippen molar-refractivity contribution in [1.29, 1.82) is 0 Å². The average Bonchev–Trinajstić information content (AvgIpc) is 3.44. The van der Waals surface area contributed by atoms with Gasteiger partial charge in [-0.1, -0.05) is 31.4 Å². The third kappa shape index (κ3) is 4.63. The summed E-state index contributed by atoms with van der Waals surface area (Å²) in [6.45, 7) is 1.89. The Bertz CT molecular complexity index is 1240. The van der Waals surface area contributed by atoms with Crippen molar-refractivity contribution in [3.05, 3.63) is 35.0 Å². The fourth-order valence-corrected chi connectivity index (χ4v) is 5.41. The van der Waals surface area contributed by atoms with E-state index in [1.165, 1.54) is 12.8 Å². The smallest absolute Gasteiger partial charge is 0.224 e. The van der Waals surface area contributed by atoms with Gasteiger partial charge < -0.3 is 16.4 Å². The average molecular weight is 504 g/mol. The summed E-state index contributed by atoms with van der Waals surface area (Å²) in [4.78, 5) is 25.8. The van der Waals surface area contributed by atoms with Crippen molar-refractivity contribution in [3.8, 4) is 0 Å². The Morgan fingerprint density at radius 2 is 1.89 bits per heavy atom. The van der Waals surface area contributed by atoms with Crippen molar-refractivity contribution in [3.63, 3.8) is 0 Å². The first-order valence-corrected chi connectivity index (χ1v) is 12.3. The Hall–Kier alpha value is -3.01. The molecule has 0 unspecified atom stereocenters. The van der Waals surface area contributed by atoms with Gasteiger partial charge in [-0.25, -0.2) is 18.7 Å². The molecule has 2 aliphatic rings. The lowest BCUT2D eigenvalue weighted by atomic mass is 9.73. The molecular weight excluding hydrogens is 476 g/mol. The molecule has 8 nitrogen and oxygen atoms in total. The molecule has 2 fully saturated rings. The van der Waals surface area contributed by atoms with Gasteiger partial charge in [0.1, 0.15) is 11.3 Å². The summed E-state index contributed by atoms with van der Waals surface area (Å²) in [5.41, 5.74) is 6.13. The highest BCUT2D eigenvalue weighted by Crippen LogP contribution is 2.43. The molecule has 2 aromatic heterocycles. The number of primary amides is 1. The number of nitrogens with one attached hydrogen (secondary N) is 2. The van der Waals surface area contributed by atoms with Gasteiger partial charge in [-0.2, -0.15) is 4.98 Å². The number of rotatable bonds is 6. The Morgan fingerprint density at radius 3 is 2.54 bits per heavy atom. The van der Waals surface area contributed by atoms with Crippen LogP contribution in [0.4, 0.5) is 26.4 Å². The highest BCUT2D eigenvalue weighted by Gasteiger charge is 2.37. The first-order valence-electron chi connectivity index (χ1n) is 12.0. The number of nitrogens with two attached hydrogens (primary N) is 1. The number of fused-ring (bicyclic) bond motifs is 1. The van der Waals surface area contributed by atoms with Gasteiger partial charge in [-0.3, -0.25) is 9.36 Å². The molecule has 35 heavy (non-hydrogen) atoms. The zero-order valence-corrected chi connectivity index (χ0v) is 20.2. The number of carbonyl (C=O) groups is 1. The van der Waals surface area contributed by atoms with Crippen LogP contribution in [-0.2, 0) is 4.79 Å². The molecule has 0 aliphatic heterocycles. The molecule has 11 heteroatoms. The SMILES string of the molecule is C[C@]1(C(N)=O)CC[C@H](n2c(Nc3c(F)cc(F)cc3Cl)nc3cnc(NC4CCCC4)nc32)CC1. The number of hydrogen-bond donors (Lipinski definition) is 3. The predicted molar refractivity (Wildman–Crippen MR) is 131 cm³/mol. The summed E-state index contributed by atoms with van der Waals surface area (Å²) in [6.07, 6.45) is 8.68. The molecule has 0 bridgehead atoms. The Morgan fingerprint density at radius 1 is 1.17 bits per heavy atom. The molecule has 2 heterocycles. The molecule has 186 valence electrons. The fraction of sp³-hybridized carbons (Fsp3) is 0.500. The molecule has 1 amide bonds. The van der Waals surface area contributed by atoms with E-state index in [1.54, 1.807) is 6.20 Å². The number of hydrogen-bond acceptors (Lipinski definition) is 6. The van der Waals surface area contributed by atoms with Gasteiger partial charge in [0.05, 0.1) is 16.9 Å². The number of halogens is 3. The number of carbonyl (C=O) groups excluding carboxylic acids is 1. The lowest BCUT2D eigenvalue weighted by Gasteiger charge is -2.35. The topological polar surface area (TPSA) is 111 Å². The summed E-state index contributed by atoms with van der Waals surface area (Å²) in [7, 11) is 0. The molecule has 0 saturated heterocycles.